The van der Waals surface area contributed by atoms with Gasteiger partial charge in [0.1, 0.15) is 0 Å². The van der Waals surface area contributed by atoms with Crippen LogP contribution in [-0.2, 0) is 16.0 Å². The average Bonchev–Trinajstić information content (AvgIpc) is 2.92. The molecular weight excluding hydrogens is 346 g/mol. The van der Waals surface area contributed by atoms with Crippen molar-refractivity contribution in [1.29, 1.82) is 0 Å². The lowest BCUT2D eigenvalue weighted by Gasteiger charge is -2.26. The van der Waals surface area contributed by atoms with E-state index < -0.39 is 29.5 Å². The first-order valence-electron chi connectivity index (χ1n) is 8.52. The maximum atomic E-state index is 12.6. The van der Waals surface area contributed by atoms with Crippen molar-refractivity contribution in [2.45, 2.75) is 19.4 Å². The molecule has 1 atom stereocenters. The molecule has 3 rings (SSSR count). The van der Waals surface area contributed by atoms with E-state index in [1.54, 1.807) is 12.1 Å². The number of aliphatic hydroxyl groups excluding tert-OH is 1. The minimum atomic E-state index is -1.06. The van der Waals surface area contributed by atoms with Crippen molar-refractivity contribution in [3.05, 3.63) is 82.6 Å². The van der Waals surface area contributed by atoms with Crippen LogP contribution in [0.3, 0.4) is 0 Å². The Balaban J connectivity index is 1.94. The van der Waals surface area contributed by atoms with Gasteiger partial charge < -0.3 is 15.1 Å². The van der Waals surface area contributed by atoms with Gasteiger partial charge in [-0.2, -0.15) is 0 Å². The number of carbonyl (C=O) groups excluding carboxylic acids is 2. The maximum Gasteiger partial charge on any atom is 0.335 e. The molecule has 6 nitrogen and oxygen atoms in total. The van der Waals surface area contributed by atoms with Crippen LogP contribution in [0.5, 0.6) is 0 Å². The molecule has 0 spiro atoms. The van der Waals surface area contributed by atoms with E-state index in [1.165, 1.54) is 24.0 Å². The van der Waals surface area contributed by atoms with Gasteiger partial charge in [0.2, 0.25) is 0 Å². The molecule has 0 bridgehead atoms. The Morgan fingerprint density at radius 1 is 1.04 bits per heavy atom. The number of ketones is 1. The second-order valence-corrected chi connectivity index (χ2v) is 6.38. The summed E-state index contributed by atoms with van der Waals surface area (Å²) >= 11 is 0. The Morgan fingerprint density at radius 2 is 1.67 bits per heavy atom. The molecular formula is C21H19NO5. The number of Topliss-reactive ketones (excluding diaryl/α,β-unsaturated/α-hetero) is 1. The number of carboxylic acid groups (broad SMARTS) is 1. The number of benzene rings is 2. The highest BCUT2D eigenvalue weighted by molar-refractivity contribution is 6.08. The second kappa shape index (κ2) is 7.45. The standard InChI is InChI=1S/C21H19NO5/c1-13(23)17-18(15-7-9-16(10-8-15)21(26)27)22(20(25)19(17)24)12-11-14-5-3-2-4-6-14/h2-10,18,24H,11-12H2,1H3,(H,26,27). The van der Waals surface area contributed by atoms with Gasteiger partial charge in [0.15, 0.2) is 11.5 Å². The molecule has 138 valence electrons. The molecule has 1 aliphatic heterocycles. The Hall–Kier alpha value is -3.41. The predicted molar refractivity (Wildman–Crippen MR) is 98.3 cm³/mol. The Labute approximate surface area is 156 Å². The zero-order chi connectivity index (χ0) is 19.6. The molecule has 6 heteroatoms. The van der Waals surface area contributed by atoms with Gasteiger partial charge in [0.05, 0.1) is 17.2 Å². The lowest BCUT2D eigenvalue weighted by atomic mass is 9.95. The Bertz CT molecular complexity index is 915. The molecule has 2 aromatic carbocycles. The lowest BCUT2D eigenvalue weighted by Crippen LogP contribution is -2.33. The molecule has 27 heavy (non-hydrogen) atoms. The lowest BCUT2D eigenvalue weighted by molar-refractivity contribution is -0.129. The number of aliphatic hydroxyl groups is 1. The van der Waals surface area contributed by atoms with Crippen molar-refractivity contribution in [2.24, 2.45) is 0 Å². The summed E-state index contributed by atoms with van der Waals surface area (Å²) in [5, 5.41) is 19.3. The van der Waals surface area contributed by atoms with Crippen LogP contribution in [0.4, 0.5) is 0 Å². The summed E-state index contributed by atoms with van der Waals surface area (Å²) in [7, 11) is 0. The third-order valence-electron chi connectivity index (χ3n) is 4.64. The summed E-state index contributed by atoms with van der Waals surface area (Å²) in [6, 6.07) is 14.8. The summed E-state index contributed by atoms with van der Waals surface area (Å²) in [5.74, 6) is -2.59. The van der Waals surface area contributed by atoms with Gasteiger partial charge >= 0.3 is 5.97 Å². The number of carboxylic acids is 1. The molecule has 1 heterocycles. The first-order valence-corrected chi connectivity index (χ1v) is 8.52. The SMILES string of the molecule is CC(=O)C1=C(O)C(=O)N(CCc2ccccc2)C1c1ccc(C(=O)O)cc1. The third-order valence-corrected chi connectivity index (χ3v) is 4.64. The van der Waals surface area contributed by atoms with Gasteiger partial charge in [-0.15, -0.1) is 0 Å². The van der Waals surface area contributed by atoms with E-state index in [1.807, 2.05) is 30.3 Å². The molecule has 2 aromatic rings. The van der Waals surface area contributed by atoms with Crippen molar-refractivity contribution in [1.82, 2.24) is 4.90 Å². The molecule has 1 amide bonds. The number of rotatable bonds is 6. The Morgan fingerprint density at radius 3 is 2.22 bits per heavy atom. The first kappa shape index (κ1) is 18.4. The van der Waals surface area contributed by atoms with Crippen LogP contribution in [0.15, 0.2) is 65.9 Å². The fraction of sp³-hybridized carbons (Fsp3) is 0.190. The van der Waals surface area contributed by atoms with E-state index in [4.69, 9.17) is 5.11 Å². The van der Waals surface area contributed by atoms with Gasteiger partial charge in [-0.05, 0) is 36.6 Å². The monoisotopic (exact) mass is 365 g/mol. The molecule has 2 N–H and O–H groups in total. The Kier molecular flexibility index (Phi) is 5.07. The second-order valence-electron chi connectivity index (χ2n) is 6.38. The largest absolute Gasteiger partial charge is 0.503 e. The minimum Gasteiger partial charge on any atom is -0.503 e. The summed E-state index contributed by atoms with van der Waals surface area (Å²) in [6.07, 6.45) is 0.564. The van der Waals surface area contributed by atoms with Crippen LogP contribution in [0.1, 0.15) is 34.5 Å². The maximum absolute atomic E-state index is 12.6. The highest BCUT2D eigenvalue weighted by atomic mass is 16.4. The van der Waals surface area contributed by atoms with E-state index in [0.717, 1.165) is 5.56 Å². The van der Waals surface area contributed by atoms with Crippen LogP contribution in [0.2, 0.25) is 0 Å². The highest BCUT2D eigenvalue weighted by Gasteiger charge is 2.42. The number of nitrogens with zero attached hydrogens (tertiary/aromatic N) is 1. The molecule has 0 aliphatic carbocycles. The summed E-state index contributed by atoms with van der Waals surface area (Å²) in [5.41, 5.74) is 1.75. The van der Waals surface area contributed by atoms with Gasteiger partial charge in [0, 0.05) is 6.54 Å². The van der Waals surface area contributed by atoms with Crippen LogP contribution in [-0.4, -0.2) is 39.3 Å². The zero-order valence-electron chi connectivity index (χ0n) is 14.8. The quantitative estimate of drug-likeness (QED) is 0.821. The van der Waals surface area contributed by atoms with E-state index in [9.17, 15) is 19.5 Å². The van der Waals surface area contributed by atoms with Gasteiger partial charge in [-0.1, -0.05) is 42.5 Å². The fourth-order valence-electron chi connectivity index (χ4n) is 3.29. The molecule has 0 radical (unpaired) electrons. The van der Waals surface area contributed by atoms with E-state index >= 15 is 0 Å². The van der Waals surface area contributed by atoms with Crippen LogP contribution in [0.25, 0.3) is 0 Å². The van der Waals surface area contributed by atoms with Gasteiger partial charge in [-0.25, -0.2) is 4.79 Å². The topological polar surface area (TPSA) is 94.9 Å². The summed E-state index contributed by atoms with van der Waals surface area (Å²) in [4.78, 5) is 37.2. The molecule has 1 aliphatic rings. The zero-order valence-corrected chi connectivity index (χ0v) is 14.8. The average molecular weight is 365 g/mol. The van der Waals surface area contributed by atoms with Crippen molar-refractivity contribution < 1.29 is 24.6 Å². The van der Waals surface area contributed by atoms with Crippen LogP contribution < -0.4 is 0 Å². The van der Waals surface area contributed by atoms with Crippen molar-refractivity contribution in [3.63, 3.8) is 0 Å². The number of hydrogen-bond donors (Lipinski definition) is 2. The number of aromatic carboxylic acids is 1. The first-order chi connectivity index (χ1) is 12.9. The van der Waals surface area contributed by atoms with Gasteiger partial charge in [0.25, 0.3) is 5.91 Å². The number of amides is 1. The third kappa shape index (κ3) is 3.60. The molecule has 1 unspecified atom stereocenters. The highest BCUT2D eigenvalue weighted by Crippen LogP contribution is 2.37. The molecule has 0 saturated heterocycles. The molecule has 0 fully saturated rings. The van der Waals surface area contributed by atoms with Crippen molar-refractivity contribution >= 4 is 17.7 Å². The smallest absolute Gasteiger partial charge is 0.335 e. The summed E-state index contributed by atoms with van der Waals surface area (Å²) < 4.78 is 0. The molecule has 0 aromatic heterocycles. The fourth-order valence-corrected chi connectivity index (χ4v) is 3.29. The molecule has 0 saturated carbocycles. The van der Waals surface area contributed by atoms with Crippen molar-refractivity contribution in [3.8, 4) is 0 Å². The van der Waals surface area contributed by atoms with Gasteiger partial charge in [-0.3, -0.25) is 9.59 Å². The van der Waals surface area contributed by atoms with E-state index in [2.05, 4.69) is 0 Å². The number of hydrogen-bond acceptors (Lipinski definition) is 4. The minimum absolute atomic E-state index is 0.0381. The predicted octanol–water partition coefficient (Wildman–Crippen LogP) is 2.91. The van der Waals surface area contributed by atoms with Crippen LogP contribution in [0, 0.1) is 0 Å². The normalized spacial score (nSPS) is 16.7. The van der Waals surface area contributed by atoms with Crippen molar-refractivity contribution in [2.75, 3.05) is 6.54 Å². The van der Waals surface area contributed by atoms with E-state index in [0.29, 0.717) is 18.5 Å². The summed E-state index contributed by atoms with van der Waals surface area (Å²) in [6.45, 7) is 1.62. The van der Waals surface area contributed by atoms with Crippen LogP contribution >= 0.6 is 0 Å². The number of carbonyl (C=O) groups is 3. The van der Waals surface area contributed by atoms with E-state index in [-0.39, 0.29) is 11.1 Å².